The summed E-state index contributed by atoms with van der Waals surface area (Å²) in [6.45, 7) is 3.89. The monoisotopic (exact) mass is 536 g/mol. The maximum absolute atomic E-state index is 13.2. The van der Waals surface area contributed by atoms with Gasteiger partial charge in [0, 0.05) is 23.1 Å². The third-order valence-corrected chi connectivity index (χ3v) is 6.46. The molecule has 0 aliphatic carbocycles. The van der Waals surface area contributed by atoms with Gasteiger partial charge in [-0.25, -0.2) is 0 Å². The van der Waals surface area contributed by atoms with Crippen LogP contribution in [0.2, 0.25) is 10.0 Å². The number of hydrogen-bond acceptors (Lipinski definition) is 3. The van der Waals surface area contributed by atoms with E-state index in [1.54, 1.807) is 25.1 Å². The normalized spacial score (nSPS) is 11.8. The first kappa shape index (κ1) is 24.4. The van der Waals surface area contributed by atoms with Gasteiger partial charge >= 0.3 is 0 Å². The summed E-state index contributed by atoms with van der Waals surface area (Å²) in [5.41, 5.74) is 0.687. The summed E-state index contributed by atoms with van der Waals surface area (Å²) >= 11 is 15.9. The Morgan fingerprint density at radius 1 is 1.12 bits per heavy atom. The van der Waals surface area contributed by atoms with Gasteiger partial charge in [-0.2, -0.15) is 0 Å². The molecule has 5 nitrogen and oxygen atoms in total. The van der Waals surface area contributed by atoms with Crippen LogP contribution in [0.15, 0.2) is 59.1 Å². The fourth-order valence-corrected chi connectivity index (χ4v) is 4.36. The van der Waals surface area contributed by atoms with Crippen LogP contribution in [0.1, 0.15) is 19.4 Å². The Morgan fingerprint density at radius 3 is 2.59 bits per heavy atom. The molecule has 0 aliphatic heterocycles. The third-order valence-electron chi connectivity index (χ3n) is 5.05. The van der Waals surface area contributed by atoms with E-state index in [0.717, 1.165) is 15.2 Å². The largest absolute Gasteiger partial charge is 0.483 e. The Balaban J connectivity index is 1.81. The summed E-state index contributed by atoms with van der Waals surface area (Å²) in [6, 6.07) is 16.0. The molecule has 0 radical (unpaired) electrons. The Hall–Kier alpha value is -2.28. The van der Waals surface area contributed by atoms with E-state index in [1.165, 1.54) is 4.90 Å². The molecule has 2 amide bonds. The summed E-state index contributed by atoms with van der Waals surface area (Å²) in [7, 11) is 0. The van der Waals surface area contributed by atoms with Crippen molar-refractivity contribution in [3.05, 3.63) is 74.7 Å². The van der Waals surface area contributed by atoms with E-state index >= 15 is 0 Å². The lowest BCUT2D eigenvalue weighted by Gasteiger charge is -2.29. The maximum Gasteiger partial charge on any atom is 0.261 e. The molecular weight excluding hydrogens is 515 g/mol. The lowest BCUT2D eigenvalue weighted by atomic mass is 10.1. The molecule has 0 spiro atoms. The molecule has 0 saturated heterocycles. The van der Waals surface area contributed by atoms with E-state index in [9.17, 15) is 9.59 Å². The maximum atomic E-state index is 13.2. The number of carbonyl (C=O) groups is 2. The van der Waals surface area contributed by atoms with Crippen LogP contribution in [0.25, 0.3) is 10.8 Å². The van der Waals surface area contributed by atoms with Crippen molar-refractivity contribution in [3.8, 4) is 5.75 Å². The fraction of sp³-hybridized carbons (Fsp3) is 0.250. The third kappa shape index (κ3) is 5.74. The van der Waals surface area contributed by atoms with Crippen LogP contribution < -0.4 is 10.1 Å². The van der Waals surface area contributed by atoms with Gasteiger partial charge in [-0.05, 0) is 64.3 Å². The highest BCUT2D eigenvalue weighted by atomic mass is 79.9. The van der Waals surface area contributed by atoms with E-state index in [2.05, 4.69) is 21.2 Å². The lowest BCUT2D eigenvalue weighted by Crippen LogP contribution is -2.49. The second kappa shape index (κ2) is 11.0. The number of halogens is 3. The number of benzene rings is 3. The van der Waals surface area contributed by atoms with Crippen LogP contribution in [0.4, 0.5) is 0 Å². The van der Waals surface area contributed by atoms with Gasteiger partial charge in [-0.3, -0.25) is 9.59 Å². The van der Waals surface area contributed by atoms with Gasteiger partial charge in [0.25, 0.3) is 5.91 Å². The lowest BCUT2D eigenvalue weighted by molar-refractivity contribution is -0.142. The van der Waals surface area contributed by atoms with Gasteiger partial charge in [-0.15, -0.1) is 0 Å². The highest BCUT2D eigenvalue weighted by molar-refractivity contribution is 9.10. The van der Waals surface area contributed by atoms with Gasteiger partial charge in [-0.1, -0.05) is 59.6 Å². The SMILES string of the molecule is CCNC(=O)[C@H](C)N(Cc1ccc(Cl)cc1Cl)C(=O)COc1ccc2ccccc2c1Br. The molecule has 0 saturated carbocycles. The summed E-state index contributed by atoms with van der Waals surface area (Å²) in [5.74, 6) is -0.0418. The van der Waals surface area contributed by atoms with Gasteiger partial charge < -0.3 is 15.0 Å². The molecule has 0 aromatic heterocycles. The van der Waals surface area contributed by atoms with Gasteiger partial charge in [0.1, 0.15) is 11.8 Å². The molecule has 8 heteroatoms. The summed E-state index contributed by atoms with van der Waals surface area (Å²) in [6.07, 6.45) is 0. The molecule has 3 aromatic rings. The van der Waals surface area contributed by atoms with Crippen LogP contribution in [0.3, 0.4) is 0 Å². The quantitative estimate of drug-likeness (QED) is 0.392. The smallest absolute Gasteiger partial charge is 0.261 e. The molecule has 0 aliphatic rings. The van der Waals surface area contributed by atoms with Gasteiger partial charge in [0.05, 0.1) is 4.47 Å². The first-order valence-electron chi connectivity index (χ1n) is 10.1. The van der Waals surface area contributed by atoms with Crippen molar-refractivity contribution >= 4 is 61.7 Å². The molecule has 3 rings (SSSR count). The molecule has 32 heavy (non-hydrogen) atoms. The van der Waals surface area contributed by atoms with E-state index < -0.39 is 6.04 Å². The van der Waals surface area contributed by atoms with Crippen LogP contribution in [0, 0.1) is 0 Å². The second-order valence-corrected chi connectivity index (χ2v) is 8.85. The van der Waals surface area contributed by atoms with Crippen molar-refractivity contribution in [2.45, 2.75) is 26.4 Å². The van der Waals surface area contributed by atoms with Crippen molar-refractivity contribution in [2.24, 2.45) is 0 Å². The van der Waals surface area contributed by atoms with Crippen molar-refractivity contribution < 1.29 is 14.3 Å². The number of hydrogen-bond donors (Lipinski definition) is 1. The molecule has 3 aromatic carbocycles. The van der Waals surface area contributed by atoms with Crippen molar-refractivity contribution in [2.75, 3.05) is 13.2 Å². The van der Waals surface area contributed by atoms with Crippen molar-refractivity contribution in [1.82, 2.24) is 10.2 Å². The van der Waals surface area contributed by atoms with E-state index in [4.69, 9.17) is 27.9 Å². The summed E-state index contributed by atoms with van der Waals surface area (Å²) in [4.78, 5) is 27.1. The molecule has 0 fully saturated rings. The Labute approximate surface area is 205 Å². The molecule has 0 unspecified atom stereocenters. The zero-order valence-corrected chi connectivity index (χ0v) is 20.8. The predicted octanol–water partition coefficient (Wildman–Crippen LogP) is 5.84. The molecular formula is C24H23BrCl2N2O3. The number of amides is 2. The highest BCUT2D eigenvalue weighted by Gasteiger charge is 2.27. The second-order valence-electron chi connectivity index (χ2n) is 7.22. The standard InChI is InChI=1S/C24H23BrCl2N2O3/c1-3-28-24(31)15(2)29(13-17-8-10-18(26)12-20(17)27)22(30)14-32-21-11-9-16-6-4-5-7-19(16)23(21)25/h4-12,15H,3,13-14H2,1-2H3,(H,28,31)/t15-/m0/s1. The van der Waals surface area contributed by atoms with Crippen molar-refractivity contribution in [1.29, 1.82) is 0 Å². The van der Waals surface area contributed by atoms with Crippen molar-refractivity contribution in [3.63, 3.8) is 0 Å². The van der Waals surface area contributed by atoms with Crippen LogP contribution in [-0.2, 0) is 16.1 Å². The van der Waals surface area contributed by atoms with E-state index in [0.29, 0.717) is 27.9 Å². The molecule has 0 bridgehead atoms. The van der Waals surface area contributed by atoms with Crippen LogP contribution in [-0.4, -0.2) is 35.9 Å². The molecule has 1 atom stereocenters. The molecule has 168 valence electrons. The number of nitrogens with one attached hydrogen (secondary N) is 1. The minimum absolute atomic E-state index is 0.148. The molecule has 1 N–H and O–H groups in total. The van der Waals surface area contributed by atoms with E-state index in [-0.39, 0.29) is 25.0 Å². The predicted molar refractivity (Wildman–Crippen MR) is 132 cm³/mol. The number of fused-ring (bicyclic) bond motifs is 1. The molecule has 0 heterocycles. The van der Waals surface area contributed by atoms with Gasteiger partial charge in [0.2, 0.25) is 5.91 Å². The average molecular weight is 538 g/mol. The highest BCUT2D eigenvalue weighted by Crippen LogP contribution is 2.33. The average Bonchev–Trinajstić information content (AvgIpc) is 2.78. The first-order chi connectivity index (χ1) is 15.3. The van der Waals surface area contributed by atoms with Gasteiger partial charge in [0.15, 0.2) is 6.61 Å². The summed E-state index contributed by atoms with van der Waals surface area (Å²) in [5, 5.41) is 5.72. The number of likely N-dealkylation sites (N-methyl/N-ethyl adjacent to an activating group) is 1. The van der Waals surface area contributed by atoms with Crippen LogP contribution in [0.5, 0.6) is 5.75 Å². The zero-order valence-electron chi connectivity index (χ0n) is 17.7. The number of rotatable bonds is 8. The Morgan fingerprint density at radius 2 is 1.88 bits per heavy atom. The summed E-state index contributed by atoms with van der Waals surface area (Å²) < 4.78 is 6.61. The fourth-order valence-electron chi connectivity index (χ4n) is 3.29. The number of nitrogens with zero attached hydrogens (tertiary/aromatic N) is 1. The number of ether oxygens (including phenoxy) is 1. The van der Waals surface area contributed by atoms with Crippen LogP contribution >= 0.6 is 39.1 Å². The minimum atomic E-state index is -0.710. The zero-order chi connectivity index (χ0) is 23.3. The topological polar surface area (TPSA) is 58.6 Å². The Kier molecular flexibility index (Phi) is 8.40. The number of carbonyl (C=O) groups excluding carboxylic acids is 2. The minimum Gasteiger partial charge on any atom is -0.483 e. The van der Waals surface area contributed by atoms with E-state index in [1.807, 2.05) is 43.3 Å². The Bertz CT molecular complexity index is 1140. The first-order valence-corrected chi connectivity index (χ1v) is 11.7.